The Hall–Kier alpha value is -2.40. The van der Waals surface area contributed by atoms with Gasteiger partial charge in [0.25, 0.3) is 0 Å². The number of anilines is 1. The number of nitrogens with one attached hydrogen (secondary N) is 1. The molecule has 0 aliphatic carbocycles. The third-order valence-electron chi connectivity index (χ3n) is 3.61. The molecular formula is C16H15ClN2O3. The number of ether oxygens (including phenoxy) is 1. The summed E-state index contributed by atoms with van der Waals surface area (Å²) in [6.45, 7) is 0.831. The molecule has 0 atom stereocenters. The average molecular weight is 319 g/mol. The zero-order valence-electron chi connectivity index (χ0n) is 12.0. The molecule has 0 bridgehead atoms. The topological polar surface area (TPSA) is 61.8 Å². The summed E-state index contributed by atoms with van der Waals surface area (Å²) in [5, 5.41) is 13.2. The van der Waals surface area contributed by atoms with E-state index < -0.39 is 0 Å². The molecule has 0 spiro atoms. The van der Waals surface area contributed by atoms with Gasteiger partial charge in [-0.2, -0.15) is 0 Å². The molecule has 2 N–H and O–H groups in total. The van der Waals surface area contributed by atoms with Gasteiger partial charge in [0, 0.05) is 24.2 Å². The van der Waals surface area contributed by atoms with Crippen LogP contribution in [-0.4, -0.2) is 23.1 Å². The summed E-state index contributed by atoms with van der Waals surface area (Å²) in [6, 6.07) is 10.4. The van der Waals surface area contributed by atoms with Crippen LogP contribution < -0.4 is 10.1 Å². The molecule has 5 nitrogen and oxygen atoms in total. The van der Waals surface area contributed by atoms with Crippen LogP contribution in [0, 0.1) is 0 Å². The predicted molar refractivity (Wildman–Crippen MR) is 84.4 cm³/mol. The van der Waals surface area contributed by atoms with E-state index in [1.54, 1.807) is 17.0 Å². The highest BCUT2D eigenvalue weighted by atomic mass is 35.5. The van der Waals surface area contributed by atoms with Crippen molar-refractivity contribution in [2.45, 2.75) is 13.1 Å². The number of phenolic OH excluding ortho intramolecular Hbond substituents is 1. The zero-order chi connectivity index (χ0) is 15.7. The van der Waals surface area contributed by atoms with Crippen molar-refractivity contribution in [3.63, 3.8) is 0 Å². The normalized spacial score (nSPS) is 13.5. The van der Waals surface area contributed by atoms with Crippen LogP contribution in [0.3, 0.4) is 0 Å². The van der Waals surface area contributed by atoms with E-state index in [1.165, 1.54) is 13.2 Å². The molecule has 0 unspecified atom stereocenters. The Morgan fingerprint density at radius 3 is 2.86 bits per heavy atom. The SMILES string of the molecule is COc1cc2c(cc1O)NC(=O)N(Cc1ccccc1Cl)C2. The predicted octanol–water partition coefficient (Wildman–Crippen LogP) is 3.60. The third-order valence-corrected chi connectivity index (χ3v) is 3.98. The number of aromatic hydroxyl groups is 1. The lowest BCUT2D eigenvalue weighted by Gasteiger charge is -2.30. The van der Waals surface area contributed by atoms with Crippen LogP contribution in [0.15, 0.2) is 36.4 Å². The maximum atomic E-state index is 12.2. The van der Waals surface area contributed by atoms with Gasteiger partial charge >= 0.3 is 6.03 Å². The summed E-state index contributed by atoms with van der Waals surface area (Å²) in [6.07, 6.45) is 0. The maximum Gasteiger partial charge on any atom is 0.322 e. The van der Waals surface area contributed by atoms with Crippen molar-refractivity contribution in [3.05, 3.63) is 52.5 Å². The molecule has 6 heteroatoms. The van der Waals surface area contributed by atoms with Crippen LogP contribution in [0.2, 0.25) is 5.02 Å². The largest absolute Gasteiger partial charge is 0.504 e. The van der Waals surface area contributed by atoms with E-state index in [0.29, 0.717) is 29.5 Å². The number of hydrogen-bond acceptors (Lipinski definition) is 3. The number of fused-ring (bicyclic) bond motifs is 1. The molecular weight excluding hydrogens is 304 g/mol. The number of carbonyl (C=O) groups excluding carboxylic acids is 1. The van der Waals surface area contributed by atoms with Crippen molar-refractivity contribution in [3.8, 4) is 11.5 Å². The number of phenols is 1. The van der Waals surface area contributed by atoms with E-state index in [4.69, 9.17) is 16.3 Å². The number of amides is 2. The minimum atomic E-state index is -0.225. The number of halogens is 1. The quantitative estimate of drug-likeness (QED) is 0.909. The lowest BCUT2D eigenvalue weighted by Crippen LogP contribution is -2.38. The second-order valence-electron chi connectivity index (χ2n) is 5.06. The van der Waals surface area contributed by atoms with Gasteiger partial charge < -0.3 is 20.1 Å². The molecule has 0 saturated heterocycles. The monoisotopic (exact) mass is 318 g/mol. The summed E-state index contributed by atoms with van der Waals surface area (Å²) >= 11 is 6.15. The van der Waals surface area contributed by atoms with Gasteiger partial charge in [-0.3, -0.25) is 0 Å². The van der Waals surface area contributed by atoms with E-state index in [0.717, 1.165) is 11.1 Å². The fourth-order valence-corrected chi connectivity index (χ4v) is 2.65. The van der Waals surface area contributed by atoms with Gasteiger partial charge in [-0.05, 0) is 23.3 Å². The van der Waals surface area contributed by atoms with E-state index in [-0.39, 0.29) is 11.8 Å². The van der Waals surface area contributed by atoms with Crippen LogP contribution in [0.25, 0.3) is 0 Å². The van der Waals surface area contributed by atoms with E-state index in [9.17, 15) is 9.90 Å². The van der Waals surface area contributed by atoms with Gasteiger partial charge in [-0.25, -0.2) is 4.79 Å². The molecule has 0 saturated carbocycles. The second-order valence-corrected chi connectivity index (χ2v) is 5.47. The molecule has 2 amide bonds. The summed E-state index contributed by atoms with van der Waals surface area (Å²) < 4.78 is 5.11. The van der Waals surface area contributed by atoms with Crippen molar-refractivity contribution in [1.82, 2.24) is 4.90 Å². The minimum absolute atomic E-state index is 0.00102. The summed E-state index contributed by atoms with van der Waals surface area (Å²) in [7, 11) is 1.49. The van der Waals surface area contributed by atoms with Crippen LogP contribution in [0.1, 0.15) is 11.1 Å². The van der Waals surface area contributed by atoms with Crippen molar-refractivity contribution in [2.75, 3.05) is 12.4 Å². The van der Waals surface area contributed by atoms with Crippen molar-refractivity contribution in [2.24, 2.45) is 0 Å². The van der Waals surface area contributed by atoms with E-state index in [2.05, 4.69) is 5.32 Å². The number of benzene rings is 2. The Bertz CT molecular complexity index is 733. The third kappa shape index (κ3) is 2.67. The first-order valence-electron chi connectivity index (χ1n) is 6.77. The first-order valence-corrected chi connectivity index (χ1v) is 7.15. The number of nitrogens with zero attached hydrogens (tertiary/aromatic N) is 1. The first-order chi connectivity index (χ1) is 10.6. The number of carbonyl (C=O) groups is 1. The molecule has 1 aliphatic rings. The van der Waals surface area contributed by atoms with Crippen LogP contribution >= 0.6 is 11.6 Å². The molecule has 1 aliphatic heterocycles. The summed E-state index contributed by atoms with van der Waals surface area (Å²) in [4.78, 5) is 13.9. The molecule has 1 heterocycles. The molecule has 0 fully saturated rings. The Kier molecular flexibility index (Phi) is 3.81. The fourth-order valence-electron chi connectivity index (χ4n) is 2.45. The Labute approximate surface area is 133 Å². The molecule has 2 aromatic rings. The van der Waals surface area contributed by atoms with Gasteiger partial charge in [0.05, 0.1) is 12.8 Å². The molecule has 114 valence electrons. The van der Waals surface area contributed by atoms with Gasteiger partial charge in [0.15, 0.2) is 11.5 Å². The molecule has 0 aromatic heterocycles. The van der Waals surface area contributed by atoms with Crippen molar-refractivity contribution in [1.29, 1.82) is 0 Å². The molecule has 22 heavy (non-hydrogen) atoms. The number of urea groups is 1. The highest BCUT2D eigenvalue weighted by Gasteiger charge is 2.24. The fraction of sp³-hybridized carbons (Fsp3) is 0.188. The number of methoxy groups -OCH3 is 1. The van der Waals surface area contributed by atoms with E-state index in [1.807, 2.05) is 18.2 Å². The van der Waals surface area contributed by atoms with Crippen LogP contribution in [0.4, 0.5) is 10.5 Å². The Balaban J connectivity index is 1.87. The second kappa shape index (κ2) is 5.77. The summed E-state index contributed by atoms with van der Waals surface area (Å²) in [5.74, 6) is 0.383. The standard InChI is InChI=1S/C16H15ClN2O3/c1-22-15-6-11-9-19(8-10-4-2-3-5-12(10)17)16(21)18-13(11)7-14(15)20/h2-7,20H,8-9H2,1H3,(H,18,21). The molecule has 2 aromatic carbocycles. The van der Waals surface area contributed by atoms with Gasteiger partial charge in [0.1, 0.15) is 0 Å². The lowest BCUT2D eigenvalue weighted by molar-refractivity contribution is 0.203. The number of rotatable bonds is 3. The van der Waals surface area contributed by atoms with Crippen molar-refractivity contribution < 1.29 is 14.6 Å². The van der Waals surface area contributed by atoms with Gasteiger partial charge in [-0.1, -0.05) is 29.8 Å². The molecule has 3 rings (SSSR count). The Morgan fingerprint density at radius 1 is 1.36 bits per heavy atom. The average Bonchev–Trinajstić information content (AvgIpc) is 2.50. The lowest BCUT2D eigenvalue weighted by atomic mass is 10.1. The Morgan fingerprint density at radius 2 is 2.14 bits per heavy atom. The van der Waals surface area contributed by atoms with Crippen molar-refractivity contribution >= 4 is 23.3 Å². The van der Waals surface area contributed by atoms with E-state index >= 15 is 0 Å². The zero-order valence-corrected chi connectivity index (χ0v) is 12.7. The molecule has 0 radical (unpaired) electrons. The van der Waals surface area contributed by atoms with Gasteiger partial charge in [-0.15, -0.1) is 0 Å². The first kappa shape index (κ1) is 14.5. The minimum Gasteiger partial charge on any atom is -0.504 e. The smallest absolute Gasteiger partial charge is 0.322 e. The van der Waals surface area contributed by atoms with Crippen LogP contribution in [0.5, 0.6) is 11.5 Å². The summed E-state index contributed by atoms with van der Waals surface area (Å²) in [5.41, 5.74) is 2.36. The maximum absolute atomic E-state index is 12.2. The van der Waals surface area contributed by atoms with Crippen LogP contribution in [-0.2, 0) is 13.1 Å². The highest BCUT2D eigenvalue weighted by molar-refractivity contribution is 6.31. The van der Waals surface area contributed by atoms with Gasteiger partial charge in [0.2, 0.25) is 0 Å². The highest BCUT2D eigenvalue weighted by Crippen LogP contribution is 2.35. The number of hydrogen-bond donors (Lipinski definition) is 2.